The van der Waals surface area contributed by atoms with E-state index < -0.39 is 23.1 Å². The molecule has 1 fully saturated rings. The van der Waals surface area contributed by atoms with Gasteiger partial charge in [-0.25, -0.2) is 18.2 Å². The van der Waals surface area contributed by atoms with E-state index in [4.69, 9.17) is 4.74 Å². The van der Waals surface area contributed by atoms with E-state index in [0.29, 0.717) is 11.3 Å². The van der Waals surface area contributed by atoms with E-state index in [1.165, 1.54) is 27.0 Å². The van der Waals surface area contributed by atoms with Crippen molar-refractivity contribution in [2.45, 2.75) is 58.4 Å². The van der Waals surface area contributed by atoms with Crippen molar-refractivity contribution < 1.29 is 22.7 Å². The molecule has 5 nitrogen and oxygen atoms in total. The lowest BCUT2D eigenvalue weighted by Crippen LogP contribution is -2.37. The van der Waals surface area contributed by atoms with Gasteiger partial charge in [-0.2, -0.15) is 0 Å². The maximum atomic E-state index is 14.4. The highest BCUT2D eigenvalue weighted by Crippen LogP contribution is 2.40. The largest absolute Gasteiger partial charge is 0.497 e. The van der Waals surface area contributed by atoms with Gasteiger partial charge in [-0.15, -0.1) is 0 Å². The lowest BCUT2D eigenvalue weighted by molar-refractivity contribution is -0.129. The molecule has 0 aliphatic heterocycles. The Bertz CT molecular complexity index is 867. The fourth-order valence-corrected chi connectivity index (χ4v) is 3.07. The second-order valence-electron chi connectivity index (χ2n) is 7.86. The molecule has 1 aromatic carbocycles. The van der Waals surface area contributed by atoms with Crippen LogP contribution in [-0.4, -0.2) is 28.5 Å². The van der Waals surface area contributed by atoms with Crippen LogP contribution in [0.5, 0.6) is 5.75 Å². The van der Waals surface area contributed by atoms with Gasteiger partial charge in [0.2, 0.25) is 11.9 Å². The summed E-state index contributed by atoms with van der Waals surface area (Å²) in [6.07, 6.45) is 2.41. The van der Waals surface area contributed by atoms with Crippen LogP contribution in [0.4, 0.5) is 19.1 Å². The Hall–Kier alpha value is -2.25. The first-order valence-corrected chi connectivity index (χ1v) is 8.96. The monoisotopic (exact) mass is 383 g/mol. The third-order valence-electron chi connectivity index (χ3n) is 5.44. The molecule has 0 bridgehead atoms. The predicted octanol–water partition coefficient (Wildman–Crippen LogP) is 4.92. The van der Waals surface area contributed by atoms with Crippen molar-refractivity contribution in [3.63, 3.8) is 0 Å². The first-order chi connectivity index (χ1) is 12.5. The van der Waals surface area contributed by atoms with E-state index >= 15 is 0 Å². The molecule has 0 spiro atoms. The molecule has 1 heterocycles. The smallest absolute Gasteiger partial charge is 0.250 e. The molecule has 1 N–H and O–H groups in total. The summed E-state index contributed by atoms with van der Waals surface area (Å²) < 4.78 is 48.7. The number of fused-ring (bicyclic) bond motifs is 1. The first kappa shape index (κ1) is 19.5. The Morgan fingerprint density at radius 3 is 2.52 bits per heavy atom. The molecular formula is C19H24F3N3O2. The summed E-state index contributed by atoms with van der Waals surface area (Å²) in [7, 11) is 1.44. The molecule has 0 unspecified atom stereocenters. The van der Waals surface area contributed by atoms with Gasteiger partial charge in [0.15, 0.2) is 5.82 Å². The number of alkyl halides is 2. The number of hydrogen-bond acceptors (Lipinski definition) is 3. The van der Waals surface area contributed by atoms with Gasteiger partial charge < -0.3 is 9.30 Å². The molecule has 3 rings (SSSR count). The van der Waals surface area contributed by atoms with Gasteiger partial charge in [-0.05, 0) is 26.2 Å². The molecule has 1 amide bonds. The van der Waals surface area contributed by atoms with Crippen molar-refractivity contribution in [1.29, 1.82) is 0 Å². The van der Waals surface area contributed by atoms with Crippen LogP contribution in [0.25, 0.3) is 11.0 Å². The predicted molar refractivity (Wildman–Crippen MR) is 96.8 cm³/mol. The lowest BCUT2D eigenvalue weighted by atomic mass is 9.83. The number of nitrogens with zero attached hydrogens (tertiary/aromatic N) is 2. The summed E-state index contributed by atoms with van der Waals surface area (Å²) in [5.74, 6) is -3.62. The first-order valence-electron chi connectivity index (χ1n) is 8.96. The number of aromatic nitrogens is 2. The van der Waals surface area contributed by atoms with E-state index in [9.17, 15) is 18.0 Å². The number of imidazole rings is 1. The average Bonchev–Trinajstić information content (AvgIpc) is 2.83. The van der Waals surface area contributed by atoms with Crippen molar-refractivity contribution in [3.05, 3.63) is 17.9 Å². The minimum atomic E-state index is -3.02. The maximum Gasteiger partial charge on any atom is 0.250 e. The molecule has 148 valence electrons. The molecule has 1 saturated carbocycles. The lowest BCUT2D eigenvalue weighted by Gasteiger charge is -2.31. The number of benzene rings is 1. The number of methoxy groups -OCH3 is 1. The Balaban J connectivity index is 1.96. The maximum absolute atomic E-state index is 14.4. The Morgan fingerprint density at radius 2 is 2.00 bits per heavy atom. The SMILES string of the molecule is COc1cc(F)c2nc(NC(=O)CC(C)(C)C(C)(F)F)n(C3CCC3)c2c1. The van der Waals surface area contributed by atoms with E-state index in [1.807, 2.05) is 0 Å². The van der Waals surface area contributed by atoms with Crippen LogP contribution in [0.15, 0.2) is 12.1 Å². The van der Waals surface area contributed by atoms with Crippen molar-refractivity contribution in [3.8, 4) is 5.75 Å². The molecule has 2 aromatic rings. The number of ether oxygens (including phenoxy) is 1. The minimum absolute atomic E-state index is 0.0810. The highest BCUT2D eigenvalue weighted by molar-refractivity contribution is 5.92. The van der Waals surface area contributed by atoms with E-state index in [-0.39, 0.29) is 23.9 Å². The highest BCUT2D eigenvalue weighted by atomic mass is 19.3. The summed E-state index contributed by atoms with van der Waals surface area (Å²) >= 11 is 0. The minimum Gasteiger partial charge on any atom is -0.497 e. The van der Waals surface area contributed by atoms with Crippen LogP contribution in [0.1, 0.15) is 52.5 Å². The van der Waals surface area contributed by atoms with E-state index in [1.54, 1.807) is 10.6 Å². The third kappa shape index (κ3) is 3.61. The van der Waals surface area contributed by atoms with Gasteiger partial charge in [0, 0.05) is 30.0 Å². The van der Waals surface area contributed by atoms with Gasteiger partial charge in [0.1, 0.15) is 11.3 Å². The standard InChI is InChI=1S/C19H24F3N3O2/c1-18(2,19(3,21)22)10-15(26)23-17-24-16-13(20)8-12(27-4)9-14(16)25(17)11-6-5-7-11/h8-9,11H,5-7,10H2,1-4H3,(H,23,24,26). The van der Waals surface area contributed by atoms with Crippen LogP contribution in [0, 0.1) is 11.2 Å². The third-order valence-corrected chi connectivity index (χ3v) is 5.44. The normalized spacial score (nSPS) is 15.7. The quantitative estimate of drug-likeness (QED) is 0.770. The van der Waals surface area contributed by atoms with Crippen molar-refractivity contribution >= 4 is 22.9 Å². The van der Waals surface area contributed by atoms with Crippen LogP contribution >= 0.6 is 0 Å². The van der Waals surface area contributed by atoms with Gasteiger partial charge in [-0.3, -0.25) is 10.1 Å². The van der Waals surface area contributed by atoms with Crippen LogP contribution in [0.3, 0.4) is 0 Å². The van der Waals surface area contributed by atoms with Crippen LogP contribution in [0.2, 0.25) is 0 Å². The number of nitrogens with one attached hydrogen (secondary N) is 1. The number of anilines is 1. The Morgan fingerprint density at radius 1 is 1.33 bits per heavy atom. The summed E-state index contributed by atoms with van der Waals surface area (Å²) in [5, 5.41) is 2.61. The molecule has 1 aromatic heterocycles. The Labute approximate surface area is 155 Å². The van der Waals surface area contributed by atoms with Crippen molar-refractivity contribution in [2.75, 3.05) is 12.4 Å². The van der Waals surface area contributed by atoms with Gasteiger partial charge in [-0.1, -0.05) is 13.8 Å². The van der Waals surface area contributed by atoms with E-state index in [2.05, 4.69) is 10.3 Å². The Kier molecular flexibility index (Phi) is 4.86. The number of rotatable bonds is 6. The van der Waals surface area contributed by atoms with E-state index in [0.717, 1.165) is 26.2 Å². The topological polar surface area (TPSA) is 56.1 Å². The summed E-state index contributed by atoms with van der Waals surface area (Å²) in [5.41, 5.74) is -0.871. The fourth-order valence-electron chi connectivity index (χ4n) is 3.07. The number of carbonyl (C=O) groups is 1. The molecule has 27 heavy (non-hydrogen) atoms. The molecular weight excluding hydrogens is 359 g/mol. The zero-order chi connectivity index (χ0) is 20.0. The summed E-state index contributed by atoms with van der Waals surface area (Å²) in [4.78, 5) is 16.7. The molecule has 0 saturated heterocycles. The highest BCUT2D eigenvalue weighted by Gasteiger charge is 2.43. The second kappa shape index (κ2) is 6.73. The fraction of sp³-hybridized carbons (Fsp3) is 0.579. The zero-order valence-corrected chi connectivity index (χ0v) is 15.9. The number of amides is 1. The molecule has 1 aliphatic rings. The zero-order valence-electron chi connectivity index (χ0n) is 15.9. The summed E-state index contributed by atoms with van der Waals surface area (Å²) in [6.45, 7) is 3.48. The molecule has 0 atom stereocenters. The van der Waals surface area contributed by atoms with Gasteiger partial charge in [0.25, 0.3) is 5.92 Å². The van der Waals surface area contributed by atoms with Crippen molar-refractivity contribution in [2.24, 2.45) is 5.41 Å². The second-order valence-corrected chi connectivity index (χ2v) is 7.86. The number of carbonyl (C=O) groups excluding carboxylic acids is 1. The average molecular weight is 383 g/mol. The molecule has 8 heteroatoms. The summed E-state index contributed by atoms with van der Waals surface area (Å²) in [6, 6.07) is 2.98. The number of hydrogen-bond donors (Lipinski definition) is 1. The molecule has 0 radical (unpaired) electrons. The van der Waals surface area contributed by atoms with Crippen LogP contribution < -0.4 is 10.1 Å². The van der Waals surface area contributed by atoms with Gasteiger partial charge in [0.05, 0.1) is 12.6 Å². The van der Waals surface area contributed by atoms with Crippen LogP contribution in [-0.2, 0) is 4.79 Å². The molecule has 1 aliphatic carbocycles. The van der Waals surface area contributed by atoms with Gasteiger partial charge >= 0.3 is 0 Å². The number of halogens is 3. The van der Waals surface area contributed by atoms with Crippen molar-refractivity contribution in [1.82, 2.24) is 9.55 Å².